The predicted molar refractivity (Wildman–Crippen MR) is 64.3 cm³/mol. The molecule has 1 aromatic carbocycles. The van der Waals surface area contributed by atoms with Crippen molar-refractivity contribution in [2.75, 3.05) is 13.2 Å². The van der Waals surface area contributed by atoms with E-state index in [2.05, 4.69) is 32.9 Å². The van der Waals surface area contributed by atoms with E-state index >= 15 is 0 Å². The quantitative estimate of drug-likeness (QED) is 0.805. The van der Waals surface area contributed by atoms with Crippen LogP contribution in [0.2, 0.25) is 0 Å². The standard InChI is InChI=1S/C13H21NO/c1-4-13(2,3)11-7-5-6-8-12(11)15-10-9-14/h5-8H,4,9-10,14H2,1-3H3. The number of benzene rings is 1. The van der Waals surface area contributed by atoms with Crippen LogP contribution >= 0.6 is 0 Å². The van der Waals surface area contributed by atoms with Gasteiger partial charge in [-0.25, -0.2) is 0 Å². The van der Waals surface area contributed by atoms with E-state index in [1.165, 1.54) is 5.56 Å². The fourth-order valence-corrected chi connectivity index (χ4v) is 1.51. The van der Waals surface area contributed by atoms with Gasteiger partial charge in [0, 0.05) is 6.54 Å². The van der Waals surface area contributed by atoms with Crippen LogP contribution in [0, 0.1) is 0 Å². The van der Waals surface area contributed by atoms with Crippen molar-refractivity contribution >= 4 is 0 Å². The van der Waals surface area contributed by atoms with Crippen molar-refractivity contribution in [3.05, 3.63) is 29.8 Å². The molecule has 0 unspecified atom stereocenters. The van der Waals surface area contributed by atoms with Crippen molar-refractivity contribution in [1.29, 1.82) is 0 Å². The predicted octanol–water partition coefficient (Wildman–Crippen LogP) is 2.71. The van der Waals surface area contributed by atoms with Crippen LogP contribution in [0.15, 0.2) is 24.3 Å². The van der Waals surface area contributed by atoms with E-state index in [-0.39, 0.29) is 5.41 Å². The summed E-state index contributed by atoms with van der Waals surface area (Å²) in [5, 5.41) is 0. The molecule has 1 aromatic rings. The Morgan fingerprint density at radius 2 is 1.93 bits per heavy atom. The Morgan fingerprint density at radius 1 is 1.27 bits per heavy atom. The van der Waals surface area contributed by atoms with Gasteiger partial charge >= 0.3 is 0 Å². The first-order chi connectivity index (χ1) is 7.11. The zero-order valence-corrected chi connectivity index (χ0v) is 9.92. The normalized spacial score (nSPS) is 11.5. The molecule has 1 rings (SSSR count). The van der Waals surface area contributed by atoms with E-state index in [1.54, 1.807) is 0 Å². The molecule has 0 saturated heterocycles. The minimum atomic E-state index is 0.158. The third-order valence-electron chi connectivity index (χ3n) is 2.88. The summed E-state index contributed by atoms with van der Waals surface area (Å²) in [5.74, 6) is 0.967. The van der Waals surface area contributed by atoms with Gasteiger partial charge in [-0.1, -0.05) is 39.0 Å². The molecule has 0 fully saturated rings. The third-order valence-corrected chi connectivity index (χ3v) is 2.88. The number of para-hydroxylation sites is 1. The van der Waals surface area contributed by atoms with Crippen LogP contribution in [0.3, 0.4) is 0 Å². The highest BCUT2D eigenvalue weighted by molar-refractivity contribution is 5.38. The average molecular weight is 207 g/mol. The maximum absolute atomic E-state index is 5.65. The molecule has 0 bridgehead atoms. The lowest BCUT2D eigenvalue weighted by Crippen LogP contribution is -2.18. The topological polar surface area (TPSA) is 35.2 Å². The molecule has 15 heavy (non-hydrogen) atoms. The van der Waals surface area contributed by atoms with Crippen molar-refractivity contribution in [2.24, 2.45) is 5.73 Å². The SMILES string of the molecule is CCC(C)(C)c1ccccc1OCCN. The number of nitrogens with two attached hydrogens (primary N) is 1. The van der Waals surface area contributed by atoms with Crippen molar-refractivity contribution in [3.63, 3.8) is 0 Å². The second-order valence-corrected chi connectivity index (χ2v) is 4.37. The Balaban J connectivity index is 2.95. The maximum Gasteiger partial charge on any atom is 0.123 e. The van der Waals surface area contributed by atoms with Crippen molar-refractivity contribution in [3.8, 4) is 5.75 Å². The summed E-state index contributed by atoms with van der Waals surface area (Å²) >= 11 is 0. The molecule has 2 N–H and O–H groups in total. The molecular formula is C13H21NO. The van der Waals surface area contributed by atoms with Gasteiger partial charge in [-0.3, -0.25) is 0 Å². The van der Waals surface area contributed by atoms with Gasteiger partial charge in [-0.15, -0.1) is 0 Å². The monoisotopic (exact) mass is 207 g/mol. The lowest BCUT2D eigenvalue weighted by atomic mass is 9.82. The van der Waals surface area contributed by atoms with Gasteiger partial charge in [-0.2, -0.15) is 0 Å². The molecule has 0 aliphatic heterocycles. The first kappa shape index (κ1) is 12.1. The van der Waals surface area contributed by atoms with Gasteiger partial charge in [0.05, 0.1) is 0 Å². The van der Waals surface area contributed by atoms with Crippen molar-refractivity contribution in [1.82, 2.24) is 0 Å². The van der Waals surface area contributed by atoms with E-state index < -0.39 is 0 Å². The third kappa shape index (κ3) is 2.96. The summed E-state index contributed by atoms with van der Waals surface area (Å²) in [5.41, 5.74) is 6.87. The number of ether oxygens (including phenoxy) is 1. The Bertz CT molecular complexity index is 307. The fourth-order valence-electron chi connectivity index (χ4n) is 1.51. The molecule has 0 aliphatic carbocycles. The molecule has 0 amide bonds. The van der Waals surface area contributed by atoms with Crippen LogP contribution in [-0.4, -0.2) is 13.2 Å². The Labute approximate surface area is 92.4 Å². The molecule has 2 heteroatoms. The summed E-state index contributed by atoms with van der Waals surface area (Å²) in [6.07, 6.45) is 1.09. The molecule has 0 saturated carbocycles. The van der Waals surface area contributed by atoms with E-state index in [4.69, 9.17) is 10.5 Å². The summed E-state index contributed by atoms with van der Waals surface area (Å²) in [7, 11) is 0. The van der Waals surface area contributed by atoms with Gasteiger partial charge < -0.3 is 10.5 Å². The smallest absolute Gasteiger partial charge is 0.123 e. The van der Waals surface area contributed by atoms with Gasteiger partial charge in [0.25, 0.3) is 0 Å². The Morgan fingerprint density at radius 3 is 2.53 bits per heavy atom. The lowest BCUT2D eigenvalue weighted by Gasteiger charge is -2.25. The Hall–Kier alpha value is -1.02. The first-order valence-corrected chi connectivity index (χ1v) is 5.54. The maximum atomic E-state index is 5.65. The fraction of sp³-hybridized carbons (Fsp3) is 0.538. The van der Waals surface area contributed by atoms with Gasteiger partial charge in [-0.05, 0) is 23.5 Å². The van der Waals surface area contributed by atoms with Crippen LogP contribution in [0.1, 0.15) is 32.8 Å². The van der Waals surface area contributed by atoms with E-state index in [9.17, 15) is 0 Å². The second-order valence-electron chi connectivity index (χ2n) is 4.37. The summed E-state index contributed by atoms with van der Waals surface area (Å²) in [6.45, 7) is 7.80. The Kier molecular flexibility index (Phi) is 4.15. The van der Waals surface area contributed by atoms with Crippen LogP contribution in [0.5, 0.6) is 5.75 Å². The molecule has 0 heterocycles. The zero-order valence-electron chi connectivity index (χ0n) is 9.92. The van der Waals surface area contributed by atoms with Crippen LogP contribution in [0.4, 0.5) is 0 Å². The lowest BCUT2D eigenvalue weighted by molar-refractivity contribution is 0.316. The molecule has 84 valence electrons. The second kappa shape index (κ2) is 5.17. The minimum Gasteiger partial charge on any atom is -0.492 e. The van der Waals surface area contributed by atoms with Gasteiger partial charge in [0.15, 0.2) is 0 Å². The molecule has 0 radical (unpaired) electrons. The van der Waals surface area contributed by atoms with Crippen molar-refractivity contribution in [2.45, 2.75) is 32.6 Å². The highest BCUT2D eigenvalue weighted by Crippen LogP contribution is 2.33. The summed E-state index contributed by atoms with van der Waals surface area (Å²) in [4.78, 5) is 0. The van der Waals surface area contributed by atoms with Gasteiger partial charge in [0.1, 0.15) is 12.4 Å². The molecular weight excluding hydrogens is 186 g/mol. The zero-order chi connectivity index (χ0) is 11.3. The molecule has 0 spiro atoms. The number of hydrogen-bond donors (Lipinski definition) is 1. The van der Waals surface area contributed by atoms with Crippen LogP contribution in [-0.2, 0) is 5.41 Å². The number of hydrogen-bond acceptors (Lipinski definition) is 2. The summed E-state index contributed by atoms with van der Waals surface area (Å²) in [6, 6.07) is 8.21. The average Bonchev–Trinajstić information content (AvgIpc) is 2.26. The van der Waals surface area contributed by atoms with Crippen LogP contribution in [0.25, 0.3) is 0 Å². The largest absolute Gasteiger partial charge is 0.492 e. The van der Waals surface area contributed by atoms with Gasteiger partial charge in [0.2, 0.25) is 0 Å². The molecule has 0 aliphatic rings. The molecule has 2 nitrogen and oxygen atoms in total. The van der Waals surface area contributed by atoms with E-state index in [0.717, 1.165) is 12.2 Å². The van der Waals surface area contributed by atoms with E-state index in [1.807, 2.05) is 12.1 Å². The first-order valence-electron chi connectivity index (χ1n) is 5.54. The highest BCUT2D eigenvalue weighted by Gasteiger charge is 2.21. The van der Waals surface area contributed by atoms with E-state index in [0.29, 0.717) is 13.2 Å². The highest BCUT2D eigenvalue weighted by atomic mass is 16.5. The molecule has 0 aromatic heterocycles. The minimum absolute atomic E-state index is 0.158. The van der Waals surface area contributed by atoms with Crippen molar-refractivity contribution < 1.29 is 4.74 Å². The number of rotatable bonds is 5. The van der Waals surface area contributed by atoms with Crippen LogP contribution < -0.4 is 10.5 Å². The molecule has 0 atom stereocenters. The summed E-state index contributed by atoms with van der Waals surface area (Å²) < 4.78 is 5.65.